The molecule has 2 aromatic rings. The smallest absolute Gasteiger partial charge is 0.165 e. The van der Waals surface area contributed by atoms with Gasteiger partial charge in [-0.05, 0) is 25.6 Å². The van der Waals surface area contributed by atoms with Crippen molar-refractivity contribution in [1.82, 2.24) is 5.32 Å². The third kappa shape index (κ3) is 3.32. The molecule has 3 heteroatoms. The Morgan fingerprint density at radius 3 is 2.53 bits per heavy atom. The van der Waals surface area contributed by atoms with Crippen LogP contribution in [0.1, 0.15) is 24.1 Å². The van der Waals surface area contributed by atoms with E-state index in [1.807, 2.05) is 50.4 Å². The molecule has 1 atom stereocenters. The van der Waals surface area contributed by atoms with Gasteiger partial charge in [0.1, 0.15) is 6.61 Å². The normalized spacial score (nSPS) is 12.2. The Morgan fingerprint density at radius 1 is 1.11 bits per heavy atom. The third-order valence-electron chi connectivity index (χ3n) is 3.12. The van der Waals surface area contributed by atoms with E-state index in [0.717, 1.165) is 11.1 Å². The van der Waals surface area contributed by atoms with E-state index < -0.39 is 0 Å². The van der Waals surface area contributed by atoms with Crippen molar-refractivity contribution in [1.29, 1.82) is 0 Å². The molecular formula is C16H18FNO. The summed E-state index contributed by atoms with van der Waals surface area (Å²) in [6, 6.07) is 14.8. The van der Waals surface area contributed by atoms with Gasteiger partial charge in [-0.3, -0.25) is 0 Å². The number of hydrogen-bond donors (Lipinski definition) is 1. The first-order valence-corrected chi connectivity index (χ1v) is 6.34. The van der Waals surface area contributed by atoms with Gasteiger partial charge in [-0.2, -0.15) is 0 Å². The quantitative estimate of drug-likeness (QED) is 0.884. The average molecular weight is 259 g/mol. The molecule has 0 spiro atoms. The number of halogens is 1. The molecule has 0 saturated heterocycles. The van der Waals surface area contributed by atoms with Crippen LogP contribution >= 0.6 is 0 Å². The molecule has 0 aromatic heterocycles. The maximum atomic E-state index is 13.9. The molecule has 0 aliphatic carbocycles. The first-order valence-electron chi connectivity index (χ1n) is 6.34. The van der Waals surface area contributed by atoms with Gasteiger partial charge >= 0.3 is 0 Å². The summed E-state index contributed by atoms with van der Waals surface area (Å²) in [7, 11) is 1.84. The van der Waals surface area contributed by atoms with Crippen molar-refractivity contribution in [2.75, 3.05) is 7.05 Å². The fourth-order valence-electron chi connectivity index (χ4n) is 1.90. The van der Waals surface area contributed by atoms with Gasteiger partial charge in [0.15, 0.2) is 11.6 Å². The number of nitrogens with one attached hydrogen (secondary N) is 1. The van der Waals surface area contributed by atoms with Crippen LogP contribution in [0.4, 0.5) is 4.39 Å². The second-order valence-electron chi connectivity index (χ2n) is 4.44. The first-order chi connectivity index (χ1) is 9.22. The zero-order valence-electron chi connectivity index (χ0n) is 11.2. The Labute approximate surface area is 113 Å². The lowest BCUT2D eigenvalue weighted by Crippen LogP contribution is -2.14. The fourth-order valence-corrected chi connectivity index (χ4v) is 1.90. The van der Waals surface area contributed by atoms with Crippen molar-refractivity contribution in [3.63, 3.8) is 0 Å². The van der Waals surface area contributed by atoms with E-state index in [0.29, 0.717) is 12.4 Å². The van der Waals surface area contributed by atoms with Gasteiger partial charge in [-0.1, -0.05) is 42.5 Å². The van der Waals surface area contributed by atoms with Gasteiger partial charge in [0.05, 0.1) is 0 Å². The molecule has 0 aliphatic heterocycles. The van der Waals surface area contributed by atoms with E-state index in [1.165, 1.54) is 6.07 Å². The highest BCUT2D eigenvalue weighted by Crippen LogP contribution is 2.28. The Bertz CT molecular complexity index is 528. The third-order valence-corrected chi connectivity index (χ3v) is 3.12. The standard InChI is InChI=1S/C16H18FNO/c1-12(18-2)14-9-6-10-15(17)16(14)19-11-13-7-4-3-5-8-13/h3-10,12,18H,11H2,1-2H3. The maximum Gasteiger partial charge on any atom is 0.165 e. The van der Waals surface area contributed by atoms with Crippen molar-refractivity contribution >= 4 is 0 Å². The minimum absolute atomic E-state index is 0.0430. The molecule has 0 amide bonds. The minimum atomic E-state index is -0.324. The van der Waals surface area contributed by atoms with Crippen LogP contribution in [0.3, 0.4) is 0 Å². The minimum Gasteiger partial charge on any atom is -0.485 e. The molecule has 1 N–H and O–H groups in total. The van der Waals surface area contributed by atoms with Crippen molar-refractivity contribution in [2.45, 2.75) is 19.6 Å². The molecule has 0 fully saturated rings. The first kappa shape index (κ1) is 13.6. The summed E-state index contributed by atoms with van der Waals surface area (Å²) in [4.78, 5) is 0. The van der Waals surface area contributed by atoms with Crippen molar-refractivity contribution in [3.05, 3.63) is 65.5 Å². The summed E-state index contributed by atoms with van der Waals surface area (Å²) in [6.07, 6.45) is 0. The van der Waals surface area contributed by atoms with Crippen LogP contribution in [0.15, 0.2) is 48.5 Å². The summed E-state index contributed by atoms with van der Waals surface area (Å²) >= 11 is 0. The van der Waals surface area contributed by atoms with Crippen molar-refractivity contribution in [2.24, 2.45) is 0 Å². The zero-order chi connectivity index (χ0) is 13.7. The lowest BCUT2D eigenvalue weighted by Gasteiger charge is -2.17. The van der Waals surface area contributed by atoms with E-state index in [9.17, 15) is 4.39 Å². The maximum absolute atomic E-state index is 13.9. The number of hydrogen-bond acceptors (Lipinski definition) is 2. The SMILES string of the molecule is CNC(C)c1cccc(F)c1OCc1ccccc1. The largest absolute Gasteiger partial charge is 0.485 e. The van der Waals surface area contributed by atoms with Gasteiger partial charge < -0.3 is 10.1 Å². The van der Waals surface area contributed by atoms with Crippen LogP contribution < -0.4 is 10.1 Å². The summed E-state index contributed by atoms with van der Waals surface area (Å²) in [6.45, 7) is 2.34. The lowest BCUT2D eigenvalue weighted by atomic mass is 10.1. The van der Waals surface area contributed by atoms with E-state index >= 15 is 0 Å². The molecule has 0 bridgehead atoms. The Hall–Kier alpha value is -1.87. The molecular weight excluding hydrogens is 241 g/mol. The Morgan fingerprint density at radius 2 is 1.84 bits per heavy atom. The Balaban J connectivity index is 2.19. The highest BCUT2D eigenvalue weighted by Gasteiger charge is 2.14. The topological polar surface area (TPSA) is 21.3 Å². The van der Waals surface area contributed by atoms with Crippen LogP contribution in [0.5, 0.6) is 5.75 Å². The van der Waals surface area contributed by atoms with Crippen LogP contribution in [0.25, 0.3) is 0 Å². The van der Waals surface area contributed by atoms with E-state index in [-0.39, 0.29) is 11.9 Å². The van der Waals surface area contributed by atoms with E-state index in [1.54, 1.807) is 6.07 Å². The molecule has 2 nitrogen and oxygen atoms in total. The van der Waals surface area contributed by atoms with Crippen LogP contribution in [-0.4, -0.2) is 7.05 Å². The van der Waals surface area contributed by atoms with Gasteiger partial charge in [-0.15, -0.1) is 0 Å². The number of para-hydroxylation sites is 1. The summed E-state index contributed by atoms with van der Waals surface area (Å²) < 4.78 is 19.6. The highest BCUT2D eigenvalue weighted by atomic mass is 19.1. The molecule has 0 heterocycles. The molecule has 100 valence electrons. The summed E-state index contributed by atoms with van der Waals surface area (Å²) in [5.74, 6) is 0.00346. The number of benzene rings is 2. The molecule has 1 unspecified atom stereocenters. The molecule has 0 saturated carbocycles. The van der Waals surface area contributed by atoms with Crippen molar-refractivity contribution < 1.29 is 9.13 Å². The van der Waals surface area contributed by atoms with Crippen LogP contribution in [-0.2, 0) is 6.61 Å². The highest BCUT2D eigenvalue weighted by molar-refractivity contribution is 5.37. The van der Waals surface area contributed by atoms with Gasteiger partial charge in [-0.25, -0.2) is 4.39 Å². The van der Waals surface area contributed by atoms with E-state index in [4.69, 9.17) is 4.74 Å². The number of ether oxygens (including phenoxy) is 1. The summed E-state index contributed by atoms with van der Waals surface area (Å²) in [5.41, 5.74) is 1.85. The molecule has 0 radical (unpaired) electrons. The predicted octanol–water partition coefficient (Wildman–Crippen LogP) is 3.69. The van der Waals surface area contributed by atoms with Gasteiger partial charge in [0.2, 0.25) is 0 Å². The Kier molecular flexibility index (Phi) is 4.53. The molecule has 0 aliphatic rings. The summed E-state index contributed by atoms with van der Waals surface area (Å²) in [5, 5.41) is 3.10. The van der Waals surface area contributed by atoms with Crippen molar-refractivity contribution in [3.8, 4) is 5.75 Å². The molecule has 19 heavy (non-hydrogen) atoms. The fraction of sp³-hybridized carbons (Fsp3) is 0.250. The average Bonchev–Trinajstić information content (AvgIpc) is 2.46. The number of rotatable bonds is 5. The van der Waals surface area contributed by atoms with Gasteiger partial charge in [0.25, 0.3) is 0 Å². The van der Waals surface area contributed by atoms with E-state index in [2.05, 4.69) is 5.32 Å². The molecule has 2 rings (SSSR count). The van der Waals surface area contributed by atoms with Crippen LogP contribution in [0, 0.1) is 5.82 Å². The molecule has 2 aromatic carbocycles. The zero-order valence-corrected chi connectivity index (χ0v) is 11.2. The second kappa shape index (κ2) is 6.34. The van der Waals surface area contributed by atoms with Gasteiger partial charge in [0, 0.05) is 11.6 Å². The predicted molar refractivity (Wildman–Crippen MR) is 74.6 cm³/mol. The van der Waals surface area contributed by atoms with Crippen LogP contribution in [0.2, 0.25) is 0 Å². The monoisotopic (exact) mass is 259 g/mol. The second-order valence-corrected chi connectivity index (χ2v) is 4.44. The lowest BCUT2D eigenvalue weighted by molar-refractivity contribution is 0.284.